The van der Waals surface area contributed by atoms with Gasteiger partial charge in [0, 0.05) is 0 Å². The van der Waals surface area contributed by atoms with Gasteiger partial charge in [-0.15, -0.1) is 0 Å². The van der Waals surface area contributed by atoms with Gasteiger partial charge in [-0.05, 0) is 0 Å². The van der Waals surface area contributed by atoms with Gasteiger partial charge in [-0.3, -0.25) is 0 Å². The van der Waals surface area contributed by atoms with Crippen molar-refractivity contribution in [3.63, 3.8) is 0 Å². The minimum Gasteiger partial charge on any atom is -0.391 e. The van der Waals surface area contributed by atoms with Gasteiger partial charge in [0.05, 0.1) is 6.61 Å². The van der Waals surface area contributed by atoms with E-state index in [1.807, 2.05) is 0 Å². The first-order valence-electron chi connectivity index (χ1n) is 4.07. The van der Waals surface area contributed by atoms with Crippen LogP contribution in [0.15, 0.2) is 0 Å². The van der Waals surface area contributed by atoms with Gasteiger partial charge in [0.1, 0.15) is 31.1 Å². The third-order valence-corrected chi connectivity index (χ3v) is 2.25. The highest BCUT2D eigenvalue weighted by Crippen LogP contribution is 2.27. The summed E-state index contributed by atoms with van der Waals surface area (Å²) >= 11 is 0. The van der Waals surface area contributed by atoms with Crippen LogP contribution in [0.5, 0.6) is 0 Å². The summed E-state index contributed by atoms with van der Waals surface area (Å²) in [6.45, 7) is -2.15. The fourth-order valence-electron chi connectivity index (χ4n) is 1.33. The van der Waals surface area contributed by atoms with E-state index in [0.29, 0.717) is 0 Å². The van der Waals surface area contributed by atoms with E-state index in [-0.39, 0.29) is 0 Å². The molecule has 0 radical (unpaired) electrons. The van der Waals surface area contributed by atoms with E-state index in [2.05, 4.69) is 4.74 Å². The number of ether oxygens (including phenoxy) is 1. The molecule has 5 N–H and O–H groups in total. The van der Waals surface area contributed by atoms with Crippen LogP contribution in [-0.4, -0.2) is 69.0 Å². The van der Waals surface area contributed by atoms with Crippen LogP contribution >= 0.6 is 0 Å². The summed E-state index contributed by atoms with van der Waals surface area (Å²) in [5.41, 5.74) is 0. The molecule has 7 heteroatoms. The lowest BCUT2D eigenvalue weighted by molar-refractivity contribution is -0.355. The van der Waals surface area contributed by atoms with Crippen LogP contribution in [0.2, 0.25) is 0 Å². The molecule has 0 bridgehead atoms. The summed E-state index contributed by atoms with van der Waals surface area (Å²) in [6, 6.07) is 0. The van der Waals surface area contributed by atoms with Crippen LogP contribution in [0.25, 0.3) is 0 Å². The zero-order chi connectivity index (χ0) is 10.9. The fourth-order valence-corrected chi connectivity index (χ4v) is 1.33. The Morgan fingerprint density at radius 1 is 1.21 bits per heavy atom. The molecular formula is C7H13FO6. The molecule has 1 heterocycles. The predicted octanol–water partition coefficient (Wildman–Crippen LogP) is -2.88. The molecule has 0 aromatic heterocycles. The number of alkyl halides is 1. The molecule has 0 saturated carbocycles. The van der Waals surface area contributed by atoms with E-state index in [1.54, 1.807) is 0 Å². The summed E-state index contributed by atoms with van der Waals surface area (Å²) in [5, 5.41) is 45.6. The maximum Gasteiger partial charge on any atom is 0.219 e. The second kappa shape index (κ2) is 4.05. The highest BCUT2D eigenvalue weighted by atomic mass is 19.1. The van der Waals surface area contributed by atoms with Crippen molar-refractivity contribution in [1.29, 1.82) is 0 Å². The SMILES string of the molecule is OC[C@]1(O)O[C@H](CF)[C@@H](O)[C@H](O)[C@@H]1O. The maximum absolute atomic E-state index is 12.2. The van der Waals surface area contributed by atoms with Gasteiger partial charge in [0.15, 0.2) is 0 Å². The number of aliphatic hydroxyl groups is 5. The van der Waals surface area contributed by atoms with Gasteiger partial charge in [0.2, 0.25) is 5.79 Å². The van der Waals surface area contributed by atoms with E-state index in [9.17, 15) is 19.7 Å². The molecular weight excluding hydrogens is 199 g/mol. The van der Waals surface area contributed by atoms with Gasteiger partial charge in [0.25, 0.3) is 0 Å². The lowest BCUT2D eigenvalue weighted by Gasteiger charge is -2.44. The summed E-state index contributed by atoms with van der Waals surface area (Å²) in [5.74, 6) is -2.44. The summed E-state index contributed by atoms with van der Waals surface area (Å²) < 4.78 is 16.8. The van der Waals surface area contributed by atoms with E-state index >= 15 is 0 Å². The molecule has 1 fully saturated rings. The van der Waals surface area contributed by atoms with Crippen LogP contribution in [-0.2, 0) is 4.74 Å². The average Bonchev–Trinajstić information content (AvgIpc) is 2.20. The Morgan fingerprint density at radius 2 is 1.79 bits per heavy atom. The molecule has 5 atom stereocenters. The normalized spacial score (nSPS) is 49.3. The van der Waals surface area contributed by atoms with Crippen LogP contribution < -0.4 is 0 Å². The molecule has 84 valence electrons. The lowest BCUT2D eigenvalue weighted by Crippen LogP contribution is -2.66. The summed E-state index contributed by atoms with van der Waals surface area (Å²) in [7, 11) is 0. The van der Waals surface area contributed by atoms with E-state index in [4.69, 9.17) is 10.2 Å². The number of halogens is 1. The molecule has 0 unspecified atom stereocenters. The Balaban J connectivity index is 2.84. The molecule has 0 aromatic carbocycles. The quantitative estimate of drug-likeness (QED) is 0.336. The number of hydrogen-bond acceptors (Lipinski definition) is 6. The van der Waals surface area contributed by atoms with Gasteiger partial charge in [-0.25, -0.2) is 4.39 Å². The Bertz CT molecular complexity index is 201. The van der Waals surface area contributed by atoms with Crippen LogP contribution in [0.3, 0.4) is 0 Å². The predicted molar refractivity (Wildman–Crippen MR) is 40.9 cm³/mol. The standard InChI is InChI=1S/C7H13FO6/c8-1-3-4(10)5(11)6(12)7(13,2-9)14-3/h3-6,9-13H,1-2H2/t3-,4-,5+,6+,7+/m1/s1. The molecule has 1 rings (SSSR count). The van der Waals surface area contributed by atoms with Gasteiger partial charge in [-0.1, -0.05) is 0 Å². The number of rotatable bonds is 2. The highest BCUT2D eigenvalue weighted by molar-refractivity contribution is 4.95. The van der Waals surface area contributed by atoms with Gasteiger partial charge < -0.3 is 30.3 Å². The molecule has 14 heavy (non-hydrogen) atoms. The molecule has 0 amide bonds. The first-order valence-corrected chi connectivity index (χ1v) is 4.07. The largest absolute Gasteiger partial charge is 0.391 e. The third kappa shape index (κ3) is 1.74. The minimum absolute atomic E-state index is 1.01. The third-order valence-electron chi connectivity index (χ3n) is 2.25. The minimum atomic E-state index is -2.44. The molecule has 0 spiro atoms. The first-order chi connectivity index (χ1) is 6.46. The molecule has 1 saturated heterocycles. The Kier molecular flexibility index (Phi) is 3.40. The molecule has 1 aliphatic heterocycles. The van der Waals surface area contributed by atoms with Crippen molar-refractivity contribution in [2.24, 2.45) is 0 Å². The number of aliphatic hydroxyl groups excluding tert-OH is 4. The van der Waals surface area contributed by atoms with Crippen LogP contribution in [0.4, 0.5) is 4.39 Å². The lowest BCUT2D eigenvalue weighted by atomic mass is 9.93. The zero-order valence-corrected chi connectivity index (χ0v) is 7.25. The van der Waals surface area contributed by atoms with Gasteiger partial charge in [-0.2, -0.15) is 0 Å². The molecule has 1 aliphatic rings. The topological polar surface area (TPSA) is 110 Å². The van der Waals surface area contributed by atoms with Crippen molar-refractivity contribution in [3.8, 4) is 0 Å². The maximum atomic E-state index is 12.2. The molecule has 0 aliphatic carbocycles. The van der Waals surface area contributed by atoms with Crippen molar-refractivity contribution in [2.45, 2.75) is 30.2 Å². The summed E-state index contributed by atoms with van der Waals surface area (Å²) in [4.78, 5) is 0. The zero-order valence-electron chi connectivity index (χ0n) is 7.25. The van der Waals surface area contributed by atoms with Crippen LogP contribution in [0, 0.1) is 0 Å². The summed E-state index contributed by atoms with van der Waals surface area (Å²) in [6.07, 6.45) is -6.75. The van der Waals surface area contributed by atoms with Crippen molar-refractivity contribution < 1.29 is 34.7 Å². The highest BCUT2D eigenvalue weighted by Gasteiger charge is 2.52. The van der Waals surface area contributed by atoms with E-state index < -0.39 is 43.5 Å². The van der Waals surface area contributed by atoms with Crippen molar-refractivity contribution in [3.05, 3.63) is 0 Å². The van der Waals surface area contributed by atoms with Crippen molar-refractivity contribution in [1.82, 2.24) is 0 Å². The second-order valence-electron chi connectivity index (χ2n) is 3.24. The van der Waals surface area contributed by atoms with E-state index in [1.165, 1.54) is 0 Å². The Labute approximate surface area is 79.2 Å². The van der Waals surface area contributed by atoms with Crippen molar-refractivity contribution in [2.75, 3.05) is 13.3 Å². The van der Waals surface area contributed by atoms with Crippen molar-refractivity contribution >= 4 is 0 Å². The smallest absolute Gasteiger partial charge is 0.219 e. The second-order valence-corrected chi connectivity index (χ2v) is 3.24. The van der Waals surface area contributed by atoms with Crippen LogP contribution in [0.1, 0.15) is 0 Å². The fraction of sp³-hybridized carbons (Fsp3) is 1.00. The van der Waals surface area contributed by atoms with E-state index in [0.717, 1.165) is 0 Å². The monoisotopic (exact) mass is 212 g/mol. The number of hydrogen-bond donors (Lipinski definition) is 5. The molecule has 0 aromatic rings. The first kappa shape index (κ1) is 11.8. The Hall–Kier alpha value is -0.310. The Morgan fingerprint density at radius 3 is 2.21 bits per heavy atom. The average molecular weight is 212 g/mol. The van der Waals surface area contributed by atoms with Gasteiger partial charge >= 0.3 is 0 Å². The molecule has 6 nitrogen and oxygen atoms in total.